The van der Waals surface area contributed by atoms with E-state index < -0.39 is 0 Å². The zero-order valence-electron chi connectivity index (χ0n) is 20.8. The lowest BCUT2D eigenvalue weighted by atomic mass is 10.1. The van der Waals surface area contributed by atoms with E-state index >= 15 is 0 Å². The van der Waals surface area contributed by atoms with Crippen LogP contribution < -0.4 is 0 Å². The van der Waals surface area contributed by atoms with Crippen LogP contribution in [-0.2, 0) is 0 Å². The fourth-order valence-electron chi connectivity index (χ4n) is 5.42. The minimum absolute atomic E-state index is 0.969. The van der Waals surface area contributed by atoms with Crippen molar-refractivity contribution in [1.82, 2.24) is 14.5 Å². The van der Waals surface area contributed by atoms with Crippen LogP contribution in [0.4, 0.5) is 0 Å². The molecule has 8 aromatic rings. The van der Waals surface area contributed by atoms with Gasteiger partial charge in [0.15, 0.2) is 0 Å². The van der Waals surface area contributed by atoms with E-state index in [-0.39, 0.29) is 0 Å². The highest BCUT2D eigenvalue weighted by Crippen LogP contribution is 2.40. The van der Waals surface area contributed by atoms with Gasteiger partial charge in [-0.05, 0) is 53.9 Å². The molecule has 0 atom stereocenters. The molecule has 0 amide bonds. The molecular weight excluding hydrogens is 515 g/mol. The summed E-state index contributed by atoms with van der Waals surface area (Å²) in [6.07, 6.45) is 1.84. The van der Waals surface area contributed by atoms with Crippen molar-refractivity contribution < 1.29 is 0 Å². The van der Waals surface area contributed by atoms with Crippen LogP contribution in [0.15, 0.2) is 127 Å². The summed E-state index contributed by atoms with van der Waals surface area (Å²) in [6, 6.07) is 40.8. The molecule has 0 unspecified atom stereocenters. The van der Waals surface area contributed by atoms with Crippen molar-refractivity contribution in [1.29, 1.82) is 0 Å². The van der Waals surface area contributed by atoms with Crippen molar-refractivity contribution >= 4 is 54.7 Å². The highest BCUT2D eigenvalue weighted by atomic mass is 32.1. The fraction of sp³-hybridized carbons (Fsp3) is 0. The second kappa shape index (κ2) is 9.02. The molecule has 4 aromatic carbocycles. The van der Waals surface area contributed by atoms with Gasteiger partial charge in [-0.15, -0.1) is 22.7 Å². The highest BCUT2D eigenvalue weighted by Gasteiger charge is 2.16. The highest BCUT2D eigenvalue weighted by molar-refractivity contribution is 7.22. The van der Waals surface area contributed by atoms with Crippen LogP contribution in [0.3, 0.4) is 0 Å². The van der Waals surface area contributed by atoms with Crippen molar-refractivity contribution in [3.63, 3.8) is 0 Å². The van der Waals surface area contributed by atoms with E-state index in [9.17, 15) is 0 Å². The summed E-state index contributed by atoms with van der Waals surface area (Å²) < 4.78 is 3.60. The summed E-state index contributed by atoms with van der Waals surface area (Å²) in [5.41, 5.74) is 8.98. The van der Waals surface area contributed by atoms with Gasteiger partial charge in [-0.3, -0.25) is 4.98 Å². The van der Waals surface area contributed by atoms with Gasteiger partial charge in [-0.1, -0.05) is 66.7 Å². The molecule has 0 radical (unpaired) electrons. The molecule has 0 fully saturated rings. The van der Waals surface area contributed by atoms with E-state index in [0.29, 0.717) is 0 Å². The molecule has 8 rings (SSSR count). The van der Waals surface area contributed by atoms with Crippen LogP contribution in [0.2, 0.25) is 0 Å². The van der Waals surface area contributed by atoms with Gasteiger partial charge in [0, 0.05) is 44.2 Å². The average Bonchev–Trinajstić information content (AvgIpc) is 3.75. The van der Waals surface area contributed by atoms with Gasteiger partial charge in [0.05, 0.1) is 26.9 Å². The first-order valence-electron chi connectivity index (χ1n) is 12.8. The quantitative estimate of drug-likeness (QED) is 0.224. The number of thiazole rings is 1. The maximum Gasteiger partial charge on any atom is 0.124 e. The van der Waals surface area contributed by atoms with Gasteiger partial charge in [-0.25, -0.2) is 4.98 Å². The van der Waals surface area contributed by atoms with E-state index in [1.54, 1.807) is 22.7 Å². The molecule has 39 heavy (non-hydrogen) atoms. The van der Waals surface area contributed by atoms with Gasteiger partial charge in [0.25, 0.3) is 0 Å². The maximum atomic E-state index is 5.08. The van der Waals surface area contributed by atoms with Crippen LogP contribution in [0, 0.1) is 0 Å². The Kier molecular flexibility index (Phi) is 5.18. The second-order valence-corrected chi connectivity index (χ2v) is 11.4. The lowest BCUT2D eigenvalue weighted by molar-refractivity contribution is 1.18. The molecule has 0 spiro atoms. The Morgan fingerprint density at radius 3 is 2.44 bits per heavy atom. The minimum Gasteiger partial charge on any atom is -0.309 e. The SMILES string of the molecule is c1ccc(-c2cccc(-n3c4ccccc4c4ccc(-c5nc6cccc(-c7cccs7)c6s5)cc43)c2)nc1. The normalized spacial score (nSPS) is 11.6. The first kappa shape index (κ1) is 22.4. The lowest BCUT2D eigenvalue weighted by Gasteiger charge is -2.10. The van der Waals surface area contributed by atoms with Gasteiger partial charge in [0.1, 0.15) is 5.01 Å². The minimum atomic E-state index is 0.969. The van der Waals surface area contributed by atoms with Crippen molar-refractivity contribution in [2.45, 2.75) is 0 Å². The number of fused-ring (bicyclic) bond motifs is 4. The summed E-state index contributed by atoms with van der Waals surface area (Å²) in [6.45, 7) is 0. The van der Waals surface area contributed by atoms with E-state index in [1.807, 2.05) is 18.3 Å². The van der Waals surface area contributed by atoms with Gasteiger partial charge in [-0.2, -0.15) is 0 Å². The molecule has 0 aliphatic heterocycles. The number of nitrogens with zero attached hydrogens (tertiary/aromatic N) is 3. The topological polar surface area (TPSA) is 30.7 Å². The van der Waals surface area contributed by atoms with Gasteiger partial charge >= 0.3 is 0 Å². The van der Waals surface area contributed by atoms with Gasteiger partial charge in [0.2, 0.25) is 0 Å². The molecule has 4 heterocycles. The fourth-order valence-corrected chi connectivity index (χ4v) is 7.33. The van der Waals surface area contributed by atoms with E-state index in [0.717, 1.165) is 33.0 Å². The third kappa shape index (κ3) is 3.70. The molecule has 184 valence electrons. The number of para-hydroxylation sites is 1. The monoisotopic (exact) mass is 535 g/mol. The van der Waals surface area contributed by atoms with Crippen LogP contribution in [0.5, 0.6) is 0 Å². The van der Waals surface area contributed by atoms with E-state index in [1.165, 1.54) is 36.9 Å². The number of aromatic nitrogens is 3. The number of thiophene rings is 1. The first-order chi connectivity index (χ1) is 19.3. The van der Waals surface area contributed by atoms with E-state index in [4.69, 9.17) is 4.98 Å². The predicted molar refractivity (Wildman–Crippen MR) is 166 cm³/mol. The molecular formula is C34H21N3S2. The maximum absolute atomic E-state index is 5.08. The zero-order chi connectivity index (χ0) is 25.8. The van der Waals surface area contributed by atoms with Crippen LogP contribution in [0.1, 0.15) is 0 Å². The molecule has 3 nitrogen and oxygen atoms in total. The number of benzene rings is 4. The number of hydrogen-bond acceptors (Lipinski definition) is 4. The first-order valence-corrected chi connectivity index (χ1v) is 14.5. The van der Waals surface area contributed by atoms with Crippen LogP contribution >= 0.6 is 22.7 Å². The summed E-state index contributed by atoms with van der Waals surface area (Å²) in [5.74, 6) is 0. The number of hydrogen-bond donors (Lipinski definition) is 0. The molecule has 0 N–H and O–H groups in total. The summed E-state index contributed by atoms with van der Waals surface area (Å²) in [5, 5.41) is 5.64. The molecule has 0 aliphatic carbocycles. The molecule has 0 bridgehead atoms. The molecule has 0 saturated carbocycles. The summed E-state index contributed by atoms with van der Waals surface area (Å²) in [7, 11) is 0. The Balaban J connectivity index is 1.34. The third-order valence-electron chi connectivity index (χ3n) is 7.19. The molecule has 5 heteroatoms. The standard InChI is InChI=1S/C34H21N3S2/c1-2-14-30-25(10-1)26-17-16-23(34-36-29-13-6-11-27(33(29)39-34)32-15-7-19-38-32)21-31(26)37(30)24-9-5-8-22(20-24)28-12-3-4-18-35-28/h1-21H. The van der Waals surface area contributed by atoms with E-state index in [2.05, 4.69) is 118 Å². The lowest BCUT2D eigenvalue weighted by Crippen LogP contribution is -1.95. The molecule has 4 aromatic heterocycles. The van der Waals surface area contributed by atoms with Crippen molar-refractivity contribution in [3.05, 3.63) is 127 Å². The average molecular weight is 536 g/mol. The Morgan fingerprint density at radius 2 is 1.54 bits per heavy atom. The second-order valence-electron chi connectivity index (χ2n) is 9.50. The predicted octanol–water partition coefficient (Wildman–Crippen LogP) is 9.85. The van der Waals surface area contributed by atoms with Gasteiger partial charge < -0.3 is 4.57 Å². The van der Waals surface area contributed by atoms with Crippen molar-refractivity contribution in [2.75, 3.05) is 0 Å². The smallest absolute Gasteiger partial charge is 0.124 e. The number of pyridine rings is 1. The third-order valence-corrected chi connectivity index (χ3v) is 9.24. The van der Waals surface area contributed by atoms with Crippen molar-refractivity contribution in [2.24, 2.45) is 0 Å². The Bertz CT molecular complexity index is 2120. The Labute approximate surface area is 233 Å². The molecule has 0 saturated heterocycles. The van der Waals surface area contributed by atoms with Crippen molar-refractivity contribution in [3.8, 4) is 38.0 Å². The Morgan fingerprint density at radius 1 is 0.641 bits per heavy atom. The molecule has 0 aliphatic rings. The summed E-state index contributed by atoms with van der Waals surface area (Å²) >= 11 is 3.54. The number of rotatable bonds is 4. The van der Waals surface area contributed by atoms with Crippen LogP contribution in [0.25, 0.3) is 70.0 Å². The van der Waals surface area contributed by atoms with Crippen LogP contribution in [-0.4, -0.2) is 14.5 Å². The Hall–Kier alpha value is -4.58. The zero-order valence-corrected chi connectivity index (χ0v) is 22.4. The summed E-state index contributed by atoms with van der Waals surface area (Å²) in [4.78, 5) is 10.9. The largest absolute Gasteiger partial charge is 0.309 e.